The molecule has 0 fully saturated rings. The van der Waals surface area contributed by atoms with Crippen LogP contribution in [0.15, 0.2) is 0 Å². The summed E-state index contributed by atoms with van der Waals surface area (Å²) in [4.78, 5) is 60.9. The van der Waals surface area contributed by atoms with E-state index in [0.717, 1.165) is 116 Å². The van der Waals surface area contributed by atoms with Gasteiger partial charge < -0.3 is 30.6 Å². The van der Waals surface area contributed by atoms with Gasteiger partial charge in [0.05, 0.1) is 0 Å². The van der Waals surface area contributed by atoms with Crippen molar-refractivity contribution >= 4 is 35.8 Å². The molecule has 0 aliphatic rings. The van der Waals surface area contributed by atoms with Gasteiger partial charge in [-0.1, -0.05) is 77.0 Å². The molecule has 0 spiro atoms. The minimum Gasteiger partial charge on any atom is -0.481 e. The minimum absolute atomic E-state index is 0. The molecule has 0 amide bonds. The molecule has 0 unspecified atom stereocenters. The van der Waals surface area contributed by atoms with E-state index in [9.17, 15) is 28.8 Å². The number of aliphatic carboxylic acids is 6. The molecule has 12 nitrogen and oxygen atoms in total. The van der Waals surface area contributed by atoms with Crippen molar-refractivity contribution in [3.8, 4) is 0 Å². The van der Waals surface area contributed by atoms with Crippen LogP contribution in [0.1, 0.15) is 154 Å². The Morgan fingerprint density at radius 1 is 0.227 bits per heavy atom. The van der Waals surface area contributed by atoms with Crippen LogP contribution in [0.3, 0.4) is 0 Å². The zero-order valence-electron chi connectivity index (χ0n) is 26.1. The van der Waals surface area contributed by atoms with Crippen molar-refractivity contribution in [3.05, 3.63) is 0 Å². The summed E-state index contributed by atoms with van der Waals surface area (Å²) < 4.78 is 0. The Labute approximate surface area is 327 Å². The first-order valence-electron chi connectivity index (χ1n) is 15.2. The third kappa shape index (κ3) is 64.5. The van der Waals surface area contributed by atoms with Gasteiger partial charge in [0.15, 0.2) is 0 Å². The molecule has 0 aromatic heterocycles. The second-order valence-electron chi connectivity index (χ2n) is 10.2. The molecule has 0 rings (SSSR count). The Balaban J connectivity index is -0.000000169. The smallest absolute Gasteiger partial charge is 0.303 e. The summed E-state index contributed by atoms with van der Waals surface area (Å²) in [5.41, 5.74) is 0. The van der Waals surface area contributed by atoms with Crippen molar-refractivity contribution in [1.82, 2.24) is 0 Å². The van der Waals surface area contributed by atoms with Crippen LogP contribution in [-0.4, -0.2) is 66.5 Å². The SMILES string of the molecule is O=C(O)CCCCCCCCC(=O)O.O=C(O)CCCCCCCCC(=O)O.O=C(O)CCCCCCCCC(=O)O.[Nd].[Nd]. The Morgan fingerprint density at radius 3 is 0.409 bits per heavy atom. The molecule has 0 heterocycles. The number of unbranched alkanes of at least 4 members (excludes halogenated alkanes) is 15. The topological polar surface area (TPSA) is 224 Å². The van der Waals surface area contributed by atoms with Crippen LogP contribution in [0.2, 0.25) is 0 Å². The van der Waals surface area contributed by atoms with E-state index in [0.29, 0.717) is 0 Å². The normalized spacial score (nSPS) is 9.55. The summed E-state index contributed by atoms with van der Waals surface area (Å²) in [6.45, 7) is 0. The zero-order valence-corrected chi connectivity index (χ0v) is 32.5. The van der Waals surface area contributed by atoms with Crippen LogP contribution in [0.5, 0.6) is 0 Å². The zero-order chi connectivity index (χ0) is 32.4. The molecule has 14 heteroatoms. The molecule has 0 aliphatic heterocycles. The molecule has 0 radical (unpaired) electrons. The fraction of sp³-hybridized carbons (Fsp3) is 0.800. The third-order valence-corrected chi connectivity index (χ3v) is 6.09. The Bertz CT molecular complexity index is 578. The van der Waals surface area contributed by atoms with E-state index in [1.807, 2.05) is 0 Å². The minimum atomic E-state index is -0.740. The fourth-order valence-electron chi connectivity index (χ4n) is 3.78. The molecule has 0 saturated heterocycles. The van der Waals surface area contributed by atoms with Crippen LogP contribution in [0.4, 0.5) is 0 Å². The predicted molar refractivity (Wildman–Crippen MR) is 157 cm³/mol. The van der Waals surface area contributed by atoms with Gasteiger partial charge in [-0.2, -0.15) is 0 Å². The number of hydrogen-bond acceptors (Lipinski definition) is 6. The summed E-state index contributed by atoms with van der Waals surface area (Å²) in [7, 11) is 0. The number of hydrogen-bond donors (Lipinski definition) is 6. The van der Waals surface area contributed by atoms with Gasteiger partial charge in [-0.25, -0.2) is 0 Å². The fourth-order valence-corrected chi connectivity index (χ4v) is 3.78. The standard InChI is InChI=1S/3C10H18O4.2Nd/c3*11-9(12)7-5-3-1-2-4-6-8-10(13)14;;/h3*1-8H2,(H,11,12)(H,13,14);;. The van der Waals surface area contributed by atoms with Crippen molar-refractivity contribution in [1.29, 1.82) is 0 Å². The van der Waals surface area contributed by atoms with Crippen LogP contribution >= 0.6 is 0 Å². The van der Waals surface area contributed by atoms with Gasteiger partial charge in [0, 0.05) is 120 Å². The van der Waals surface area contributed by atoms with Crippen molar-refractivity contribution in [2.45, 2.75) is 154 Å². The van der Waals surface area contributed by atoms with Gasteiger partial charge >= 0.3 is 35.8 Å². The Morgan fingerprint density at radius 2 is 0.318 bits per heavy atom. The maximum atomic E-state index is 10.1. The van der Waals surface area contributed by atoms with E-state index < -0.39 is 35.8 Å². The van der Waals surface area contributed by atoms with Crippen LogP contribution < -0.4 is 0 Å². The number of rotatable bonds is 27. The molecule has 0 aromatic rings. The largest absolute Gasteiger partial charge is 0.481 e. The van der Waals surface area contributed by atoms with Crippen LogP contribution in [0, 0.1) is 81.7 Å². The van der Waals surface area contributed by atoms with E-state index in [1.165, 1.54) is 0 Å². The van der Waals surface area contributed by atoms with Crippen molar-refractivity contribution < 1.29 is 141 Å². The molecule has 44 heavy (non-hydrogen) atoms. The molecular weight excluding hydrogens is 841 g/mol. The molecule has 0 aliphatic carbocycles. The van der Waals surface area contributed by atoms with E-state index >= 15 is 0 Å². The van der Waals surface area contributed by atoms with Crippen LogP contribution in [0.25, 0.3) is 0 Å². The molecule has 0 aromatic carbocycles. The van der Waals surface area contributed by atoms with Gasteiger partial charge in [0.25, 0.3) is 0 Å². The predicted octanol–water partition coefficient (Wildman–Crippen LogP) is 6.83. The maximum absolute atomic E-state index is 10.1. The maximum Gasteiger partial charge on any atom is 0.303 e. The molecule has 6 N–H and O–H groups in total. The van der Waals surface area contributed by atoms with E-state index in [2.05, 4.69) is 0 Å². The Kier molecular flexibility index (Phi) is 51.2. The second kappa shape index (κ2) is 42.5. The summed E-state index contributed by atoms with van der Waals surface area (Å²) in [6.07, 6.45) is 17.5. The van der Waals surface area contributed by atoms with Crippen molar-refractivity contribution in [3.63, 3.8) is 0 Å². The number of carbonyl (C=O) groups is 6. The van der Waals surface area contributed by atoms with Gasteiger partial charge in [-0.3, -0.25) is 28.8 Å². The second-order valence-corrected chi connectivity index (χ2v) is 10.2. The number of carboxylic acid groups (broad SMARTS) is 6. The summed E-state index contributed by atoms with van der Waals surface area (Å²) in [6, 6.07) is 0. The number of carboxylic acids is 6. The monoisotopic (exact) mass is 890 g/mol. The summed E-state index contributed by atoms with van der Waals surface area (Å²) in [5, 5.41) is 50.1. The molecular formula is C30H54Nd2O12. The average Bonchev–Trinajstić information content (AvgIpc) is 2.88. The summed E-state index contributed by atoms with van der Waals surface area (Å²) >= 11 is 0. The van der Waals surface area contributed by atoms with Gasteiger partial charge in [-0.05, 0) is 38.5 Å². The van der Waals surface area contributed by atoms with E-state index in [1.54, 1.807) is 0 Å². The molecule has 0 bridgehead atoms. The first kappa shape index (κ1) is 53.0. The van der Waals surface area contributed by atoms with Crippen LogP contribution in [-0.2, 0) is 28.8 Å². The quantitative estimate of drug-likeness (QED) is 0.0467. The van der Waals surface area contributed by atoms with Crippen molar-refractivity contribution in [2.75, 3.05) is 0 Å². The Hall–Kier alpha value is -0.479. The first-order chi connectivity index (χ1) is 19.9. The average molecular weight is 895 g/mol. The molecule has 0 atom stereocenters. The van der Waals surface area contributed by atoms with Gasteiger partial charge in [-0.15, -0.1) is 0 Å². The first-order valence-corrected chi connectivity index (χ1v) is 15.2. The van der Waals surface area contributed by atoms with Gasteiger partial charge in [0.1, 0.15) is 0 Å². The third-order valence-electron chi connectivity index (χ3n) is 6.09. The van der Waals surface area contributed by atoms with Crippen molar-refractivity contribution in [2.24, 2.45) is 0 Å². The molecule has 254 valence electrons. The van der Waals surface area contributed by atoms with E-state index in [-0.39, 0.29) is 120 Å². The van der Waals surface area contributed by atoms with E-state index in [4.69, 9.17) is 30.6 Å². The molecule has 0 saturated carbocycles. The summed E-state index contributed by atoms with van der Waals surface area (Å²) in [5.74, 6) is -4.44. The van der Waals surface area contributed by atoms with Gasteiger partial charge in [0.2, 0.25) is 0 Å².